The average Bonchev–Trinajstić information content (AvgIpc) is 2.55. The van der Waals surface area contributed by atoms with Crippen LogP contribution >= 0.6 is 0 Å². The highest BCUT2D eigenvalue weighted by atomic mass is 16.5. The molecule has 1 aromatic heterocycles. The molecule has 0 aliphatic rings. The van der Waals surface area contributed by atoms with Crippen LogP contribution in [0.25, 0.3) is 0 Å². The predicted molar refractivity (Wildman–Crippen MR) is 81.1 cm³/mol. The Morgan fingerprint density at radius 3 is 2.05 bits per heavy atom. The molecule has 0 spiro atoms. The maximum Gasteiger partial charge on any atom is 0.337 e. The summed E-state index contributed by atoms with van der Waals surface area (Å²) in [6.07, 6.45) is 1.54. The molecule has 7 heteroatoms. The maximum atomic E-state index is 11.7. The van der Waals surface area contributed by atoms with Gasteiger partial charge in [0.05, 0.1) is 37.2 Å². The third-order valence-corrected chi connectivity index (χ3v) is 2.85. The molecule has 0 saturated heterocycles. The molecule has 22 heavy (non-hydrogen) atoms. The van der Waals surface area contributed by atoms with Gasteiger partial charge in [-0.3, -0.25) is 0 Å². The van der Waals surface area contributed by atoms with Gasteiger partial charge in [0.25, 0.3) is 0 Å². The number of nitrogen functional groups attached to an aromatic ring is 1. The van der Waals surface area contributed by atoms with E-state index in [9.17, 15) is 9.59 Å². The number of hydrogen-bond acceptors (Lipinski definition) is 7. The van der Waals surface area contributed by atoms with Crippen molar-refractivity contribution in [1.82, 2.24) is 4.98 Å². The summed E-state index contributed by atoms with van der Waals surface area (Å²) >= 11 is 0. The lowest BCUT2D eigenvalue weighted by atomic mass is 10.1. The van der Waals surface area contributed by atoms with Crippen molar-refractivity contribution in [3.8, 4) is 0 Å². The minimum Gasteiger partial charge on any atom is -0.465 e. The number of nitrogens with two attached hydrogens (primary N) is 1. The lowest BCUT2D eigenvalue weighted by Crippen LogP contribution is -2.07. The molecule has 0 radical (unpaired) electrons. The van der Waals surface area contributed by atoms with Crippen molar-refractivity contribution in [2.45, 2.75) is 0 Å². The number of aromatic nitrogens is 1. The standard InChI is InChI=1S/C15H15N3O4/c1-21-14(19)9-5-10(15(20)22-2)7-12(6-9)18-11-3-4-13(16)17-8-11/h3-8,18H,1-2H3,(H2,16,17). The van der Waals surface area contributed by atoms with Crippen LogP contribution < -0.4 is 11.1 Å². The third kappa shape index (κ3) is 3.51. The summed E-state index contributed by atoms with van der Waals surface area (Å²) in [4.78, 5) is 27.3. The van der Waals surface area contributed by atoms with Gasteiger partial charge in [0.1, 0.15) is 5.82 Å². The number of esters is 2. The quantitative estimate of drug-likeness (QED) is 0.832. The van der Waals surface area contributed by atoms with Gasteiger partial charge in [-0.2, -0.15) is 0 Å². The normalized spacial score (nSPS) is 9.91. The summed E-state index contributed by atoms with van der Waals surface area (Å²) in [5, 5.41) is 3.04. The van der Waals surface area contributed by atoms with E-state index in [-0.39, 0.29) is 11.1 Å². The van der Waals surface area contributed by atoms with Gasteiger partial charge in [0, 0.05) is 5.69 Å². The highest BCUT2D eigenvalue weighted by Gasteiger charge is 2.14. The van der Waals surface area contributed by atoms with Crippen molar-refractivity contribution >= 4 is 29.1 Å². The minimum absolute atomic E-state index is 0.233. The highest BCUT2D eigenvalue weighted by molar-refractivity contribution is 5.97. The largest absolute Gasteiger partial charge is 0.465 e. The zero-order chi connectivity index (χ0) is 16.1. The molecule has 1 aromatic carbocycles. The molecule has 3 N–H and O–H groups in total. The number of benzene rings is 1. The van der Waals surface area contributed by atoms with Crippen molar-refractivity contribution in [3.63, 3.8) is 0 Å². The van der Waals surface area contributed by atoms with E-state index >= 15 is 0 Å². The van der Waals surface area contributed by atoms with Crippen LogP contribution in [-0.4, -0.2) is 31.1 Å². The van der Waals surface area contributed by atoms with Crippen LogP contribution in [-0.2, 0) is 9.47 Å². The first-order valence-corrected chi connectivity index (χ1v) is 6.33. The summed E-state index contributed by atoms with van der Waals surface area (Å²) in [5.41, 5.74) is 7.17. The number of ether oxygens (including phenoxy) is 2. The molecule has 1 heterocycles. The minimum atomic E-state index is -0.552. The number of carbonyl (C=O) groups excluding carboxylic acids is 2. The van der Waals surface area contributed by atoms with Gasteiger partial charge in [-0.05, 0) is 30.3 Å². The summed E-state index contributed by atoms with van der Waals surface area (Å²) in [5.74, 6) is -0.711. The first-order valence-electron chi connectivity index (χ1n) is 6.33. The van der Waals surface area contributed by atoms with Gasteiger partial charge in [-0.1, -0.05) is 0 Å². The van der Waals surface area contributed by atoms with Crippen molar-refractivity contribution in [2.24, 2.45) is 0 Å². The van der Waals surface area contributed by atoms with Crippen LogP contribution in [0.2, 0.25) is 0 Å². The number of carbonyl (C=O) groups is 2. The number of methoxy groups -OCH3 is 2. The number of nitrogens with zero attached hydrogens (tertiary/aromatic N) is 1. The fourth-order valence-corrected chi connectivity index (χ4v) is 1.82. The van der Waals surface area contributed by atoms with Crippen molar-refractivity contribution in [3.05, 3.63) is 47.7 Å². The molecule has 0 bridgehead atoms. The van der Waals surface area contributed by atoms with Crippen LogP contribution in [0.1, 0.15) is 20.7 Å². The molecular weight excluding hydrogens is 286 g/mol. The van der Waals surface area contributed by atoms with E-state index in [1.807, 2.05) is 0 Å². The number of anilines is 3. The smallest absolute Gasteiger partial charge is 0.337 e. The molecule has 114 valence electrons. The van der Waals surface area contributed by atoms with Crippen LogP contribution in [0.3, 0.4) is 0 Å². The Hall–Kier alpha value is -3.09. The van der Waals surface area contributed by atoms with Gasteiger partial charge < -0.3 is 20.5 Å². The second-order valence-electron chi connectivity index (χ2n) is 4.38. The molecule has 0 fully saturated rings. The zero-order valence-corrected chi connectivity index (χ0v) is 12.1. The molecule has 0 atom stereocenters. The van der Waals surface area contributed by atoms with E-state index in [0.29, 0.717) is 17.2 Å². The number of rotatable bonds is 4. The van der Waals surface area contributed by atoms with Crippen molar-refractivity contribution in [2.75, 3.05) is 25.3 Å². The lowest BCUT2D eigenvalue weighted by molar-refractivity contribution is 0.0599. The van der Waals surface area contributed by atoms with Crippen LogP contribution in [0.5, 0.6) is 0 Å². The van der Waals surface area contributed by atoms with E-state index in [1.54, 1.807) is 24.3 Å². The van der Waals surface area contributed by atoms with Gasteiger partial charge >= 0.3 is 11.9 Å². The molecule has 0 saturated carbocycles. The summed E-state index contributed by atoms with van der Waals surface area (Å²) in [6.45, 7) is 0. The van der Waals surface area contributed by atoms with Crippen LogP contribution in [0.15, 0.2) is 36.5 Å². The third-order valence-electron chi connectivity index (χ3n) is 2.85. The van der Waals surface area contributed by atoms with E-state index < -0.39 is 11.9 Å². The Kier molecular flexibility index (Phi) is 4.57. The summed E-state index contributed by atoms with van der Waals surface area (Å²) < 4.78 is 9.36. The molecule has 0 amide bonds. The Bertz CT molecular complexity index is 664. The number of nitrogens with one attached hydrogen (secondary N) is 1. The first-order chi connectivity index (χ1) is 10.5. The van der Waals surface area contributed by atoms with Gasteiger partial charge in [0.15, 0.2) is 0 Å². The lowest BCUT2D eigenvalue weighted by Gasteiger charge is -2.10. The molecule has 0 unspecified atom stereocenters. The number of hydrogen-bond donors (Lipinski definition) is 2. The average molecular weight is 301 g/mol. The van der Waals surface area contributed by atoms with Crippen LogP contribution in [0.4, 0.5) is 17.2 Å². The summed E-state index contributed by atoms with van der Waals surface area (Å²) in [7, 11) is 2.54. The molecule has 2 rings (SSSR count). The topological polar surface area (TPSA) is 104 Å². The molecule has 0 aliphatic heterocycles. The highest BCUT2D eigenvalue weighted by Crippen LogP contribution is 2.21. The van der Waals surface area contributed by atoms with E-state index in [0.717, 1.165) is 0 Å². The van der Waals surface area contributed by atoms with Gasteiger partial charge in [-0.25, -0.2) is 14.6 Å². The Morgan fingerprint density at radius 2 is 1.59 bits per heavy atom. The first kappa shape index (κ1) is 15.3. The summed E-state index contributed by atoms with van der Waals surface area (Å²) in [6, 6.07) is 7.89. The maximum absolute atomic E-state index is 11.7. The monoisotopic (exact) mass is 301 g/mol. The Balaban J connectivity index is 2.38. The molecule has 7 nitrogen and oxygen atoms in total. The molecule has 0 aliphatic carbocycles. The number of pyridine rings is 1. The zero-order valence-electron chi connectivity index (χ0n) is 12.1. The van der Waals surface area contributed by atoms with E-state index in [2.05, 4.69) is 19.8 Å². The second-order valence-corrected chi connectivity index (χ2v) is 4.38. The van der Waals surface area contributed by atoms with Gasteiger partial charge in [0.2, 0.25) is 0 Å². The van der Waals surface area contributed by atoms with Crippen LogP contribution in [0, 0.1) is 0 Å². The Morgan fingerprint density at radius 1 is 1.00 bits per heavy atom. The fraction of sp³-hybridized carbons (Fsp3) is 0.133. The molecular formula is C15H15N3O4. The van der Waals surface area contributed by atoms with E-state index in [1.165, 1.54) is 26.5 Å². The molecule has 2 aromatic rings. The van der Waals surface area contributed by atoms with Gasteiger partial charge in [-0.15, -0.1) is 0 Å². The second kappa shape index (κ2) is 6.57. The van der Waals surface area contributed by atoms with E-state index in [4.69, 9.17) is 5.73 Å². The predicted octanol–water partition coefficient (Wildman–Crippen LogP) is 1.98. The SMILES string of the molecule is COC(=O)c1cc(Nc2ccc(N)nc2)cc(C(=O)OC)c1. The Labute approximate surface area is 127 Å². The fourth-order valence-electron chi connectivity index (χ4n) is 1.82. The van der Waals surface area contributed by atoms with Crippen molar-refractivity contribution < 1.29 is 19.1 Å². The van der Waals surface area contributed by atoms with Crippen molar-refractivity contribution in [1.29, 1.82) is 0 Å².